The number of fused-ring (bicyclic) bond motifs is 1. The molecule has 0 bridgehead atoms. The molecule has 0 saturated carbocycles. The lowest BCUT2D eigenvalue weighted by atomic mass is 10.1. The molecular weight excluding hydrogens is 250 g/mol. The van der Waals surface area contributed by atoms with Crippen molar-refractivity contribution in [3.8, 4) is 0 Å². The van der Waals surface area contributed by atoms with Gasteiger partial charge < -0.3 is 10.2 Å². The Morgan fingerprint density at radius 1 is 1.39 bits per heavy atom. The van der Waals surface area contributed by atoms with Gasteiger partial charge in [-0.15, -0.1) is 4.40 Å². The van der Waals surface area contributed by atoms with Crippen LogP contribution in [0.2, 0.25) is 0 Å². The highest BCUT2D eigenvalue weighted by molar-refractivity contribution is 7.90. The van der Waals surface area contributed by atoms with Gasteiger partial charge in [0.25, 0.3) is 10.0 Å². The van der Waals surface area contributed by atoms with E-state index in [1.165, 1.54) is 0 Å². The Hall–Kier alpha value is -1.40. The quantitative estimate of drug-likeness (QED) is 0.800. The molecule has 18 heavy (non-hydrogen) atoms. The second-order valence-electron chi connectivity index (χ2n) is 4.64. The van der Waals surface area contributed by atoms with Crippen LogP contribution in [0.15, 0.2) is 33.6 Å². The van der Waals surface area contributed by atoms with Crippen molar-refractivity contribution in [3.05, 3.63) is 29.8 Å². The number of benzene rings is 1. The first-order valence-electron chi connectivity index (χ1n) is 5.97. The summed E-state index contributed by atoms with van der Waals surface area (Å²) in [6.45, 7) is 1.84. The highest BCUT2D eigenvalue weighted by Crippen LogP contribution is 2.28. The fourth-order valence-electron chi connectivity index (χ4n) is 2.49. The summed E-state index contributed by atoms with van der Waals surface area (Å²) in [5.41, 5.74) is 0.715. The van der Waals surface area contributed by atoms with E-state index in [2.05, 4.69) is 9.71 Å². The van der Waals surface area contributed by atoms with E-state index >= 15 is 0 Å². The number of nitrogens with one attached hydrogen (secondary N) is 1. The van der Waals surface area contributed by atoms with Gasteiger partial charge in [0.2, 0.25) is 0 Å². The molecule has 6 heteroatoms. The highest BCUT2D eigenvalue weighted by atomic mass is 32.2. The van der Waals surface area contributed by atoms with Gasteiger partial charge >= 0.3 is 0 Å². The molecule has 5 nitrogen and oxygen atoms in total. The second-order valence-corrected chi connectivity index (χ2v) is 6.22. The van der Waals surface area contributed by atoms with Gasteiger partial charge in [-0.1, -0.05) is 12.1 Å². The van der Waals surface area contributed by atoms with Crippen LogP contribution in [0.4, 0.5) is 0 Å². The van der Waals surface area contributed by atoms with Crippen LogP contribution in [0, 0.1) is 0 Å². The molecule has 0 aliphatic carbocycles. The topological polar surface area (TPSA) is 61.8 Å². The first kappa shape index (κ1) is 11.7. The third-order valence-corrected chi connectivity index (χ3v) is 4.85. The number of likely N-dealkylation sites (N-methyl/N-ethyl adjacent to an activating group) is 1. The molecule has 1 aromatic rings. The largest absolute Gasteiger partial charge is 0.354 e. The molecule has 1 N–H and O–H groups in total. The average Bonchev–Trinajstić information content (AvgIpc) is 2.96. The highest BCUT2D eigenvalue weighted by Gasteiger charge is 2.33. The number of hydrogen-bond acceptors (Lipinski definition) is 4. The monoisotopic (exact) mass is 265 g/mol. The molecule has 0 aromatic heterocycles. The molecule has 3 rings (SSSR count). The van der Waals surface area contributed by atoms with E-state index in [1.807, 2.05) is 24.1 Å². The lowest BCUT2D eigenvalue weighted by Crippen LogP contribution is -2.38. The van der Waals surface area contributed by atoms with Crippen LogP contribution in [0.25, 0.3) is 0 Å². The van der Waals surface area contributed by atoms with Gasteiger partial charge in [0.05, 0.1) is 0 Å². The molecular formula is C12H15N3O2S. The van der Waals surface area contributed by atoms with Crippen molar-refractivity contribution in [2.45, 2.75) is 17.4 Å². The van der Waals surface area contributed by atoms with E-state index in [9.17, 15) is 8.42 Å². The van der Waals surface area contributed by atoms with Crippen molar-refractivity contribution in [1.29, 1.82) is 0 Å². The molecule has 0 spiro atoms. The summed E-state index contributed by atoms with van der Waals surface area (Å²) in [5, 5.41) is 3.28. The maximum Gasteiger partial charge on any atom is 0.285 e. The Kier molecular flexibility index (Phi) is 2.64. The van der Waals surface area contributed by atoms with Gasteiger partial charge in [-0.05, 0) is 25.1 Å². The van der Waals surface area contributed by atoms with Gasteiger partial charge in [-0.25, -0.2) is 0 Å². The van der Waals surface area contributed by atoms with E-state index < -0.39 is 10.0 Å². The van der Waals surface area contributed by atoms with E-state index in [-0.39, 0.29) is 0 Å². The summed E-state index contributed by atoms with van der Waals surface area (Å²) in [7, 11) is -1.59. The molecule has 1 aromatic carbocycles. The maximum atomic E-state index is 12.0. The zero-order valence-electron chi connectivity index (χ0n) is 10.1. The number of nitrogens with zero attached hydrogens (tertiary/aromatic N) is 2. The normalized spacial score (nSPS) is 24.7. The van der Waals surface area contributed by atoms with E-state index in [1.54, 1.807) is 12.1 Å². The van der Waals surface area contributed by atoms with Crippen LogP contribution in [0.5, 0.6) is 0 Å². The smallest absolute Gasteiger partial charge is 0.285 e. The van der Waals surface area contributed by atoms with Crippen LogP contribution in [0.1, 0.15) is 12.0 Å². The molecule has 0 unspecified atom stereocenters. The predicted molar refractivity (Wildman–Crippen MR) is 69.2 cm³/mol. The minimum Gasteiger partial charge on any atom is -0.354 e. The lowest BCUT2D eigenvalue weighted by molar-refractivity contribution is 0.390. The van der Waals surface area contributed by atoms with Gasteiger partial charge in [0.15, 0.2) is 5.84 Å². The Morgan fingerprint density at radius 3 is 2.89 bits per heavy atom. The predicted octanol–water partition coefficient (Wildman–Crippen LogP) is 0.429. The summed E-state index contributed by atoms with van der Waals surface area (Å²) < 4.78 is 27.8. The third-order valence-electron chi connectivity index (χ3n) is 3.53. The van der Waals surface area contributed by atoms with Crippen molar-refractivity contribution >= 4 is 15.9 Å². The Morgan fingerprint density at radius 2 is 2.17 bits per heavy atom. The summed E-state index contributed by atoms with van der Waals surface area (Å²) in [4.78, 5) is 2.29. The summed E-state index contributed by atoms with van der Waals surface area (Å²) in [6, 6.07) is 7.31. The van der Waals surface area contributed by atoms with Gasteiger partial charge in [0, 0.05) is 25.2 Å². The standard InChI is InChI=1S/C12H15N3O2S/c1-15(9-6-7-13-8-9)12-10-4-2-3-5-11(10)18(16,17)14-12/h2-5,9,13H,6-8H2,1H3/t9-/m1/s1. The average molecular weight is 265 g/mol. The summed E-state index contributed by atoms with van der Waals surface area (Å²) >= 11 is 0. The SMILES string of the molecule is CN(C1=NS(=O)(=O)c2ccccc21)[C@@H]1CCNC1. The maximum absolute atomic E-state index is 12.0. The number of sulfonamides is 1. The van der Waals surface area contributed by atoms with Crippen molar-refractivity contribution in [2.24, 2.45) is 4.40 Å². The van der Waals surface area contributed by atoms with Gasteiger partial charge in [-0.2, -0.15) is 8.42 Å². The molecule has 2 aliphatic rings. The third kappa shape index (κ3) is 1.72. The van der Waals surface area contributed by atoms with Crippen molar-refractivity contribution in [3.63, 3.8) is 0 Å². The van der Waals surface area contributed by atoms with Gasteiger partial charge in [0.1, 0.15) is 4.90 Å². The summed E-state index contributed by atoms with van der Waals surface area (Å²) in [5.74, 6) is 0.569. The first-order valence-corrected chi connectivity index (χ1v) is 7.41. The van der Waals surface area contributed by atoms with Crippen LogP contribution in [-0.2, 0) is 10.0 Å². The molecule has 1 atom stereocenters. The molecule has 1 fully saturated rings. The van der Waals surface area contributed by atoms with E-state index in [0.29, 0.717) is 22.3 Å². The molecule has 96 valence electrons. The molecule has 2 heterocycles. The lowest BCUT2D eigenvalue weighted by Gasteiger charge is -2.25. The van der Waals surface area contributed by atoms with Crippen LogP contribution in [0.3, 0.4) is 0 Å². The van der Waals surface area contributed by atoms with Crippen LogP contribution in [-0.4, -0.2) is 45.3 Å². The Balaban J connectivity index is 2.03. The number of hydrogen-bond donors (Lipinski definition) is 1. The van der Waals surface area contributed by atoms with Crippen molar-refractivity contribution in [2.75, 3.05) is 20.1 Å². The second kappa shape index (κ2) is 4.07. The first-order chi connectivity index (χ1) is 8.59. The van der Waals surface area contributed by atoms with Gasteiger partial charge in [-0.3, -0.25) is 0 Å². The zero-order valence-corrected chi connectivity index (χ0v) is 10.9. The molecule has 1 saturated heterocycles. The molecule has 0 amide bonds. The van der Waals surface area contributed by atoms with Crippen LogP contribution < -0.4 is 5.32 Å². The number of amidine groups is 1. The fraction of sp³-hybridized carbons (Fsp3) is 0.417. The molecule has 0 radical (unpaired) electrons. The number of rotatable bonds is 1. The summed E-state index contributed by atoms with van der Waals surface area (Å²) in [6.07, 6.45) is 1.01. The van der Waals surface area contributed by atoms with Crippen LogP contribution >= 0.6 is 0 Å². The Labute approximate surface area is 107 Å². The van der Waals surface area contributed by atoms with E-state index in [0.717, 1.165) is 19.5 Å². The minimum absolute atomic E-state index is 0.310. The zero-order chi connectivity index (χ0) is 12.8. The minimum atomic E-state index is -3.50. The van der Waals surface area contributed by atoms with Crippen molar-refractivity contribution in [1.82, 2.24) is 10.2 Å². The Bertz CT molecular complexity index is 604. The molecule has 2 aliphatic heterocycles. The van der Waals surface area contributed by atoms with E-state index in [4.69, 9.17) is 0 Å². The fourth-order valence-corrected chi connectivity index (χ4v) is 3.73. The van der Waals surface area contributed by atoms with Crippen molar-refractivity contribution < 1.29 is 8.42 Å².